The van der Waals surface area contributed by atoms with Crippen LogP contribution in [0.5, 0.6) is 0 Å². The van der Waals surface area contributed by atoms with Gasteiger partial charge in [-0.15, -0.1) is 0 Å². The first kappa shape index (κ1) is 14.7. The van der Waals surface area contributed by atoms with Gasteiger partial charge in [-0.25, -0.2) is 4.79 Å². The Labute approximate surface area is 106 Å². The van der Waals surface area contributed by atoms with Gasteiger partial charge in [0.2, 0.25) is 0 Å². The maximum Gasteiger partial charge on any atom is 0.330 e. The van der Waals surface area contributed by atoms with Gasteiger partial charge >= 0.3 is 5.69 Å². The van der Waals surface area contributed by atoms with Crippen molar-refractivity contribution in [2.75, 3.05) is 13.7 Å². The zero-order valence-electron chi connectivity index (χ0n) is 11.4. The quantitative estimate of drug-likeness (QED) is 0.751. The lowest BCUT2D eigenvalue weighted by molar-refractivity contribution is 0.163. The van der Waals surface area contributed by atoms with E-state index in [4.69, 9.17) is 4.74 Å². The number of ether oxygens (including phenoxy) is 1. The molecule has 0 saturated heterocycles. The Morgan fingerprint density at radius 3 is 2.61 bits per heavy atom. The normalized spacial score (nSPS) is 12.7. The van der Waals surface area contributed by atoms with E-state index in [1.54, 1.807) is 20.4 Å². The molecule has 0 amide bonds. The molecule has 0 bridgehead atoms. The van der Waals surface area contributed by atoms with E-state index in [-0.39, 0.29) is 17.3 Å². The van der Waals surface area contributed by atoms with Crippen LogP contribution in [-0.4, -0.2) is 28.9 Å². The molecule has 1 N–H and O–H groups in total. The number of hydrogen-bond donors (Lipinski definition) is 1. The van der Waals surface area contributed by atoms with Gasteiger partial charge in [-0.2, -0.15) is 0 Å². The number of aromatic nitrogens is 2. The van der Waals surface area contributed by atoms with Crippen LogP contribution in [-0.2, 0) is 25.4 Å². The van der Waals surface area contributed by atoms with Gasteiger partial charge in [0.1, 0.15) is 0 Å². The Balaban J connectivity index is 2.86. The second-order valence-corrected chi connectivity index (χ2v) is 4.35. The van der Waals surface area contributed by atoms with E-state index >= 15 is 0 Å². The lowest BCUT2D eigenvalue weighted by Crippen LogP contribution is -2.41. The molecule has 0 aromatic carbocycles. The van der Waals surface area contributed by atoms with Crippen LogP contribution in [0.25, 0.3) is 0 Å². The molecule has 0 spiro atoms. The Morgan fingerprint density at radius 2 is 2.06 bits per heavy atom. The van der Waals surface area contributed by atoms with Crippen molar-refractivity contribution in [1.29, 1.82) is 0 Å². The fourth-order valence-electron chi connectivity index (χ4n) is 1.78. The SMILES string of the molecule is CCC(COC)NCc1cn(C)c(=O)n(C)c1=O. The third kappa shape index (κ3) is 3.30. The average molecular weight is 255 g/mol. The first-order valence-corrected chi connectivity index (χ1v) is 5.99. The van der Waals surface area contributed by atoms with E-state index in [2.05, 4.69) is 12.2 Å². The highest BCUT2D eigenvalue weighted by Gasteiger charge is 2.09. The van der Waals surface area contributed by atoms with Crippen LogP contribution in [0.1, 0.15) is 18.9 Å². The minimum absolute atomic E-state index is 0.206. The van der Waals surface area contributed by atoms with Crippen molar-refractivity contribution >= 4 is 0 Å². The molecular weight excluding hydrogens is 234 g/mol. The predicted molar refractivity (Wildman–Crippen MR) is 69.7 cm³/mol. The minimum atomic E-state index is -0.312. The summed E-state index contributed by atoms with van der Waals surface area (Å²) < 4.78 is 7.61. The first-order chi connectivity index (χ1) is 8.51. The van der Waals surface area contributed by atoms with Crippen LogP contribution in [0.2, 0.25) is 0 Å². The standard InChI is InChI=1S/C12H21N3O3/c1-5-10(8-18-4)13-6-9-7-14(2)12(17)15(3)11(9)16/h7,10,13H,5-6,8H2,1-4H3. The Morgan fingerprint density at radius 1 is 1.39 bits per heavy atom. The molecule has 1 rings (SSSR count). The zero-order chi connectivity index (χ0) is 13.7. The molecule has 102 valence electrons. The second kappa shape index (κ2) is 6.51. The summed E-state index contributed by atoms with van der Waals surface area (Å²) in [5, 5.41) is 3.25. The molecular formula is C12H21N3O3. The summed E-state index contributed by atoms with van der Waals surface area (Å²) in [5.41, 5.74) is 0.0136. The Bertz CT molecular complexity index is 504. The van der Waals surface area contributed by atoms with Crippen molar-refractivity contribution < 1.29 is 4.74 Å². The fraction of sp³-hybridized carbons (Fsp3) is 0.667. The molecule has 0 aliphatic heterocycles. The molecule has 0 saturated carbocycles. The van der Waals surface area contributed by atoms with Crippen molar-refractivity contribution in [3.63, 3.8) is 0 Å². The summed E-state index contributed by atoms with van der Waals surface area (Å²) in [6.45, 7) is 3.08. The van der Waals surface area contributed by atoms with E-state index in [0.29, 0.717) is 18.7 Å². The van der Waals surface area contributed by atoms with Crippen molar-refractivity contribution in [1.82, 2.24) is 14.5 Å². The van der Waals surface area contributed by atoms with Crippen molar-refractivity contribution in [2.45, 2.75) is 25.9 Å². The van der Waals surface area contributed by atoms with Crippen LogP contribution in [0.15, 0.2) is 15.8 Å². The first-order valence-electron chi connectivity index (χ1n) is 5.99. The van der Waals surface area contributed by atoms with Gasteiger partial charge in [0.25, 0.3) is 5.56 Å². The topological polar surface area (TPSA) is 65.3 Å². The summed E-state index contributed by atoms with van der Waals surface area (Å²) in [4.78, 5) is 23.4. The van der Waals surface area contributed by atoms with Crippen LogP contribution in [0, 0.1) is 0 Å². The molecule has 1 unspecified atom stereocenters. The van der Waals surface area contributed by atoms with E-state index in [1.807, 2.05) is 0 Å². The highest BCUT2D eigenvalue weighted by Crippen LogP contribution is 1.94. The zero-order valence-corrected chi connectivity index (χ0v) is 11.4. The fourth-order valence-corrected chi connectivity index (χ4v) is 1.78. The minimum Gasteiger partial charge on any atom is -0.383 e. The van der Waals surface area contributed by atoms with Gasteiger partial charge in [-0.05, 0) is 6.42 Å². The summed E-state index contributed by atoms with van der Waals surface area (Å²) in [6.07, 6.45) is 2.50. The van der Waals surface area contributed by atoms with E-state index in [0.717, 1.165) is 11.0 Å². The highest BCUT2D eigenvalue weighted by molar-refractivity contribution is 5.05. The number of rotatable bonds is 6. The number of nitrogens with one attached hydrogen (secondary N) is 1. The second-order valence-electron chi connectivity index (χ2n) is 4.35. The maximum absolute atomic E-state index is 11.9. The van der Waals surface area contributed by atoms with Crippen LogP contribution < -0.4 is 16.6 Å². The molecule has 1 atom stereocenters. The van der Waals surface area contributed by atoms with Gasteiger partial charge in [0.15, 0.2) is 0 Å². The Kier molecular flexibility index (Phi) is 5.30. The molecule has 1 aromatic heterocycles. The largest absolute Gasteiger partial charge is 0.383 e. The average Bonchev–Trinajstić information content (AvgIpc) is 2.37. The molecule has 6 heteroatoms. The van der Waals surface area contributed by atoms with Crippen molar-refractivity contribution in [2.24, 2.45) is 14.1 Å². The lowest BCUT2D eigenvalue weighted by atomic mass is 10.2. The molecule has 1 heterocycles. The van der Waals surface area contributed by atoms with Gasteiger partial charge in [0.05, 0.1) is 6.61 Å². The number of methoxy groups -OCH3 is 1. The molecule has 0 fully saturated rings. The summed E-state index contributed by atoms with van der Waals surface area (Å²) in [6, 6.07) is 0.206. The van der Waals surface area contributed by atoms with Gasteiger partial charge < -0.3 is 14.6 Å². The van der Waals surface area contributed by atoms with E-state index < -0.39 is 0 Å². The third-order valence-electron chi connectivity index (χ3n) is 2.96. The Hall–Kier alpha value is -1.40. The van der Waals surface area contributed by atoms with Crippen LogP contribution in [0.4, 0.5) is 0 Å². The summed E-state index contributed by atoms with van der Waals surface area (Å²) in [5.74, 6) is 0. The van der Waals surface area contributed by atoms with E-state index in [9.17, 15) is 9.59 Å². The number of hydrogen-bond acceptors (Lipinski definition) is 4. The summed E-state index contributed by atoms with van der Waals surface area (Å²) in [7, 11) is 4.77. The predicted octanol–water partition coefficient (Wildman–Crippen LogP) is -0.401. The van der Waals surface area contributed by atoms with Crippen LogP contribution in [0.3, 0.4) is 0 Å². The third-order valence-corrected chi connectivity index (χ3v) is 2.96. The van der Waals surface area contributed by atoms with Gasteiger partial charge in [-0.3, -0.25) is 9.36 Å². The molecule has 18 heavy (non-hydrogen) atoms. The highest BCUT2D eigenvalue weighted by atomic mass is 16.5. The molecule has 0 aliphatic carbocycles. The molecule has 6 nitrogen and oxygen atoms in total. The monoisotopic (exact) mass is 255 g/mol. The molecule has 0 radical (unpaired) electrons. The molecule has 1 aromatic rings. The smallest absolute Gasteiger partial charge is 0.330 e. The van der Waals surface area contributed by atoms with E-state index in [1.165, 1.54) is 11.6 Å². The number of aryl methyl sites for hydroxylation is 1. The number of nitrogens with zero attached hydrogens (tertiary/aromatic N) is 2. The van der Waals surface area contributed by atoms with Gasteiger partial charge in [0, 0.05) is 45.6 Å². The van der Waals surface area contributed by atoms with Gasteiger partial charge in [-0.1, -0.05) is 6.92 Å². The summed E-state index contributed by atoms with van der Waals surface area (Å²) >= 11 is 0. The molecule has 0 aliphatic rings. The van der Waals surface area contributed by atoms with Crippen molar-refractivity contribution in [3.05, 3.63) is 32.6 Å². The lowest BCUT2D eigenvalue weighted by Gasteiger charge is -2.16. The van der Waals surface area contributed by atoms with Crippen molar-refractivity contribution in [3.8, 4) is 0 Å². The van der Waals surface area contributed by atoms with Crippen LogP contribution >= 0.6 is 0 Å². The maximum atomic E-state index is 11.9.